The Balaban J connectivity index is 2.09. The van der Waals surface area contributed by atoms with E-state index in [1.807, 2.05) is 0 Å². The van der Waals surface area contributed by atoms with E-state index >= 15 is 0 Å². The lowest BCUT2D eigenvalue weighted by atomic mass is 9.86. The lowest BCUT2D eigenvalue weighted by Gasteiger charge is -2.39. The first-order valence-corrected chi connectivity index (χ1v) is 17.3. The van der Waals surface area contributed by atoms with Crippen molar-refractivity contribution in [3.05, 3.63) is 82.9 Å². The van der Waals surface area contributed by atoms with Crippen molar-refractivity contribution < 1.29 is 45.0 Å². The average Bonchev–Trinajstić information content (AvgIpc) is 2.94. The SMILES string of the molecule is C=C(CO[Si](C)(C)C(C)(C)C)[C@H](c1ccccc1)[C@@H](O[C@@H](C)c1cc(C(F)(F)F)cc(C(F)(F)F)c1)C(=O)N1CCOCC1. The zero-order valence-corrected chi connectivity index (χ0v) is 26.9. The van der Waals surface area contributed by atoms with Crippen molar-refractivity contribution in [1.82, 2.24) is 4.90 Å². The van der Waals surface area contributed by atoms with Gasteiger partial charge in [-0.05, 0) is 60.0 Å². The third kappa shape index (κ3) is 8.95. The van der Waals surface area contributed by atoms with Crippen molar-refractivity contribution in [1.29, 1.82) is 0 Å². The molecule has 3 atom stereocenters. The third-order valence-corrected chi connectivity index (χ3v) is 12.8. The summed E-state index contributed by atoms with van der Waals surface area (Å²) in [5.41, 5.74) is -2.13. The van der Waals surface area contributed by atoms with Crippen LogP contribution in [0.2, 0.25) is 18.1 Å². The Bertz CT molecular complexity index is 1250. The van der Waals surface area contributed by atoms with E-state index in [4.69, 9.17) is 13.9 Å². The predicted octanol–water partition coefficient (Wildman–Crippen LogP) is 8.39. The standard InChI is InChI=1S/C32H41F6NO4Si/c1-21(20-42-44(6,7)30(3,4)5)27(23-11-9-8-10-12-23)28(29(40)39-13-15-41-16-14-39)43-22(2)24-17-25(31(33,34)35)19-26(18-24)32(36,37)38/h8-12,17-19,22,27-28H,1,13-16,20H2,2-7H3/t22-,27+,28+/m0/s1. The first-order chi connectivity index (χ1) is 20.2. The Morgan fingerprint density at radius 3 is 1.93 bits per heavy atom. The predicted molar refractivity (Wildman–Crippen MR) is 159 cm³/mol. The van der Waals surface area contributed by atoms with E-state index < -0.39 is 55.8 Å². The first kappa shape index (κ1) is 35.8. The minimum absolute atomic E-state index is 0.0689. The maximum atomic E-state index is 14.1. The molecule has 0 spiro atoms. The molecule has 0 unspecified atom stereocenters. The lowest BCUT2D eigenvalue weighted by Crippen LogP contribution is -2.49. The maximum Gasteiger partial charge on any atom is 0.416 e. The number of rotatable bonds is 10. The lowest BCUT2D eigenvalue weighted by molar-refractivity contribution is -0.153. The Labute approximate surface area is 256 Å². The number of amides is 1. The quantitative estimate of drug-likeness (QED) is 0.148. The number of alkyl halides is 6. The van der Waals surface area contributed by atoms with Crippen LogP contribution < -0.4 is 0 Å². The van der Waals surface area contributed by atoms with Gasteiger partial charge in [0.05, 0.1) is 37.1 Å². The zero-order valence-electron chi connectivity index (χ0n) is 25.9. The summed E-state index contributed by atoms with van der Waals surface area (Å²) in [7, 11) is -2.27. The molecule has 1 aliphatic heterocycles. The van der Waals surface area contributed by atoms with Gasteiger partial charge in [-0.25, -0.2) is 0 Å². The van der Waals surface area contributed by atoms with E-state index in [0.29, 0.717) is 23.3 Å². The van der Waals surface area contributed by atoms with Gasteiger partial charge in [-0.2, -0.15) is 26.3 Å². The number of benzene rings is 2. The Morgan fingerprint density at radius 1 is 0.932 bits per heavy atom. The fraction of sp³-hybridized carbons (Fsp3) is 0.531. The van der Waals surface area contributed by atoms with Gasteiger partial charge in [0.2, 0.25) is 0 Å². The molecule has 12 heteroatoms. The van der Waals surface area contributed by atoms with E-state index in [2.05, 4.69) is 40.4 Å². The number of morpholine rings is 1. The molecular weight excluding hydrogens is 604 g/mol. The largest absolute Gasteiger partial charge is 0.416 e. The van der Waals surface area contributed by atoms with Crippen molar-refractivity contribution >= 4 is 14.2 Å². The number of halogens is 6. The number of ether oxygens (including phenoxy) is 2. The number of carbonyl (C=O) groups excluding carboxylic acids is 1. The highest BCUT2D eigenvalue weighted by Crippen LogP contribution is 2.41. The summed E-state index contributed by atoms with van der Waals surface area (Å²) in [6.07, 6.45) is -12.7. The summed E-state index contributed by atoms with van der Waals surface area (Å²) in [4.78, 5) is 15.6. The van der Waals surface area contributed by atoms with Crippen molar-refractivity contribution in [2.45, 2.75) is 76.3 Å². The van der Waals surface area contributed by atoms with Crippen molar-refractivity contribution in [2.75, 3.05) is 32.9 Å². The summed E-state index contributed by atoms with van der Waals surface area (Å²) in [6, 6.07) is 10.2. The van der Waals surface area contributed by atoms with Gasteiger partial charge < -0.3 is 18.8 Å². The van der Waals surface area contributed by atoms with Crippen LogP contribution in [0.1, 0.15) is 62.0 Å². The molecule has 0 radical (unpaired) electrons. The molecule has 0 saturated carbocycles. The normalized spacial score (nSPS) is 17.2. The van der Waals surface area contributed by atoms with Crippen LogP contribution in [0.4, 0.5) is 26.3 Å². The van der Waals surface area contributed by atoms with Crippen LogP contribution in [-0.2, 0) is 31.0 Å². The van der Waals surface area contributed by atoms with Crippen LogP contribution >= 0.6 is 0 Å². The Hall–Kier alpha value is -2.67. The van der Waals surface area contributed by atoms with Crippen molar-refractivity contribution in [2.24, 2.45) is 0 Å². The van der Waals surface area contributed by atoms with Gasteiger partial charge in [-0.3, -0.25) is 4.79 Å². The van der Waals surface area contributed by atoms with Crippen LogP contribution in [0.3, 0.4) is 0 Å². The van der Waals surface area contributed by atoms with Gasteiger partial charge in [0.1, 0.15) is 6.10 Å². The molecule has 0 bridgehead atoms. The minimum Gasteiger partial charge on any atom is -0.413 e. The second kappa shape index (κ2) is 13.8. The van der Waals surface area contributed by atoms with E-state index in [1.54, 1.807) is 30.3 Å². The average molecular weight is 646 g/mol. The van der Waals surface area contributed by atoms with Gasteiger partial charge in [-0.1, -0.05) is 57.7 Å². The molecule has 2 aromatic carbocycles. The zero-order chi connectivity index (χ0) is 33.1. The van der Waals surface area contributed by atoms with Gasteiger partial charge in [-0.15, -0.1) is 0 Å². The smallest absolute Gasteiger partial charge is 0.413 e. The van der Waals surface area contributed by atoms with E-state index in [-0.39, 0.29) is 49.6 Å². The monoisotopic (exact) mass is 645 g/mol. The summed E-state index contributed by atoms with van der Waals surface area (Å²) in [5, 5.41) is -0.122. The maximum absolute atomic E-state index is 14.1. The molecule has 1 aliphatic rings. The van der Waals surface area contributed by atoms with Gasteiger partial charge in [0, 0.05) is 19.0 Å². The highest BCUT2D eigenvalue weighted by molar-refractivity contribution is 6.74. The topological polar surface area (TPSA) is 48.0 Å². The fourth-order valence-corrected chi connectivity index (χ4v) is 5.60. The molecule has 44 heavy (non-hydrogen) atoms. The molecule has 2 aromatic rings. The molecule has 1 heterocycles. The summed E-state index contributed by atoms with van der Waals surface area (Å²) in [5.74, 6) is -1.28. The van der Waals surface area contributed by atoms with Crippen LogP contribution in [0, 0.1) is 0 Å². The molecule has 0 aromatic heterocycles. The van der Waals surface area contributed by atoms with Gasteiger partial charge in [0.25, 0.3) is 5.91 Å². The van der Waals surface area contributed by atoms with Crippen LogP contribution in [0.5, 0.6) is 0 Å². The van der Waals surface area contributed by atoms with Gasteiger partial charge in [0.15, 0.2) is 8.32 Å². The molecule has 0 aliphatic carbocycles. The second-order valence-electron chi connectivity index (χ2n) is 12.6. The highest BCUT2D eigenvalue weighted by atomic mass is 28.4. The summed E-state index contributed by atoms with van der Waals surface area (Å²) < 4.78 is 100.0. The Kier molecular flexibility index (Phi) is 11.2. The second-order valence-corrected chi connectivity index (χ2v) is 17.4. The molecule has 1 amide bonds. The fourth-order valence-electron chi connectivity index (χ4n) is 4.62. The molecule has 1 fully saturated rings. The number of carbonyl (C=O) groups is 1. The molecule has 1 saturated heterocycles. The highest BCUT2D eigenvalue weighted by Gasteiger charge is 2.42. The number of hydrogen-bond acceptors (Lipinski definition) is 4. The molecule has 3 rings (SSSR count). The van der Waals surface area contributed by atoms with Crippen LogP contribution in [0.25, 0.3) is 0 Å². The van der Waals surface area contributed by atoms with E-state index in [1.165, 1.54) is 11.8 Å². The third-order valence-electron chi connectivity index (χ3n) is 8.32. The van der Waals surface area contributed by atoms with E-state index in [9.17, 15) is 31.1 Å². The summed E-state index contributed by atoms with van der Waals surface area (Å²) >= 11 is 0. The van der Waals surface area contributed by atoms with Crippen LogP contribution in [-0.4, -0.2) is 58.1 Å². The molecule has 5 nitrogen and oxygen atoms in total. The number of hydrogen-bond donors (Lipinski definition) is 0. The molecular formula is C32H41F6NO4Si. The number of nitrogens with zero attached hydrogens (tertiary/aromatic N) is 1. The first-order valence-electron chi connectivity index (χ1n) is 14.4. The molecule has 244 valence electrons. The molecule has 0 N–H and O–H groups in total. The summed E-state index contributed by atoms with van der Waals surface area (Å²) in [6.45, 7) is 17.1. The Morgan fingerprint density at radius 2 is 1.45 bits per heavy atom. The van der Waals surface area contributed by atoms with Crippen LogP contribution in [0.15, 0.2) is 60.7 Å². The van der Waals surface area contributed by atoms with Crippen molar-refractivity contribution in [3.8, 4) is 0 Å². The van der Waals surface area contributed by atoms with Crippen molar-refractivity contribution in [3.63, 3.8) is 0 Å². The van der Waals surface area contributed by atoms with E-state index in [0.717, 1.165) is 0 Å². The van der Waals surface area contributed by atoms with Gasteiger partial charge >= 0.3 is 12.4 Å². The minimum atomic E-state index is -5.03.